The number of ether oxygens (including phenoxy) is 1. The zero-order valence-electron chi connectivity index (χ0n) is 15.6. The molecule has 0 spiro atoms. The first-order chi connectivity index (χ1) is 12.4. The Kier molecular flexibility index (Phi) is 5.83. The molecule has 1 N–H and O–H groups in total. The molecule has 1 aromatic rings. The number of aromatic nitrogens is 2. The first kappa shape index (κ1) is 18.7. The second-order valence-electron chi connectivity index (χ2n) is 7.38. The average Bonchev–Trinajstić information content (AvgIpc) is 3.05. The molecule has 26 heavy (non-hydrogen) atoms. The third-order valence-corrected chi connectivity index (χ3v) is 5.28. The van der Waals surface area contributed by atoms with E-state index in [2.05, 4.69) is 29.1 Å². The molecular weight excluding hydrogens is 334 g/mol. The van der Waals surface area contributed by atoms with E-state index in [4.69, 9.17) is 4.74 Å². The van der Waals surface area contributed by atoms with Crippen LogP contribution in [0.25, 0.3) is 0 Å². The molecule has 3 rings (SSSR count). The summed E-state index contributed by atoms with van der Waals surface area (Å²) in [7, 11) is 1.95. The SMILES string of the molecule is CC(C)N(C)CC(=O)N1CC[C@H]2C[C@@H](C(=O)Nc3cnccn3)O[C@@H]2C1. The molecule has 1 aromatic heterocycles. The van der Waals surface area contributed by atoms with Gasteiger partial charge in [-0.05, 0) is 39.7 Å². The number of fused-ring (bicyclic) bond motifs is 1. The molecule has 0 unspecified atom stereocenters. The number of amides is 2. The van der Waals surface area contributed by atoms with Crippen LogP contribution in [0.4, 0.5) is 5.82 Å². The molecule has 3 atom stereocenters. The van der Waals surface area contributed by atoms with Crippen LogP contribution >= 0.6 is 0 Å². The van der Waals surface area contributed by atoms with E-state index in [0.29, 0.717) is 37.3 Å². The Bertz CT molecular complexity index is 639. The van der Waals surface area contributed by atoms with Gasteiger partial charge in [0.05, 0.1) is 18.8 Å². The lowest BCUT2D eigenvalue weighted by Crippen LogP contribution is -2.49. The van der Waals surface area contributed by atoms with E-state index in [0.717, 1.165) is 13.0 Å². The Morgan fingerprint density at radius 1 is 1.42 bits per heavy atom. The number of piperidine rings is 1. The highest BCUT2D eigenvalue weighted by Crippen LogP contribution is 2.33. The largest absolute Gasteiger partial charge is 0.363 e. The quantitative estimate of drug-likeness (QED) is 0.833. The van der Waals surface area contributed by atoms with E-state index in [1.165, 1.54) is 12.4 Å². The van der Waals surface area contributed by atoms with E-state index in [1.54, 1.807) is 6.20 Å². The van der Waals surface area contributed by atoms with Gasteiger partial charge in [0.25, 0.3) is 5.91 Å². The predicted octanol–water partition coefficient (Wildman–Crippen LogP) is 0.761. The molecule has 8 heteroatoms. The molecule has 2 aliphatic rings. The first-order valence-corrected chi connectivity index (χ1v) is 9.14. The molecule has 2 saturated heterocycles. The van der Waals surface area contributed by atoms with Crippen LogP contribution < -0.4 is 5.32 Å². The second kappa shape index (κ2) is 8.09. The van der Waals surface area contributed by atoms with Gasteiger partial charge in [0.15, 0.2) is 5.82 Å². The minimum atomic E-state index is -0.500. The van der Waals surface area contributed by atoms with E-state index in [9.17, 15) is 9.59 Å². The fourth-order valence-corrected chi connectivity index (χ4v) is 3.39. The summed E-state index contributed by atoms with van der Waals surface area (Å²) >= 11 is 0. The summed E-state index contributed by atoms with van der Waals surface area (Å²) in [5.41, 5.74) is 0. The molecule has 0 radical (unpaired) electrons. The molecular formula is C18H27N5O3. The lowest BCUT2D eigenvalue weighted by molar-refractivity contribution is -0.138. The first-order valence-electron chi connectivity index (χ1n) is 9.14. The molecule has 2 fully saturated rings. The number of carbonyl (C=O) groups is 2. The number of carbonyl (C=O) groups excluding carboxylic acids is 2. The summed E-state index contributed by atoms with van der Waals surface area (Å²) in [5, 5.41) is 2.74. The van der Waals surface area contributed by atoms with Crippen molar-refractivity contribution in [3.05, 3.63) is 18.6 Å². The maximum Gasteiger partial charge on any atom is 0.254 e. The van der Waals surface area contributed by atoms with E-state index in [-0.39, 0.29) is 17.9 Å². The van der Waals surface area contributed by atoms with Gasteiger partial charge in [0.1, 0.15) is 6.10 Å². The van der Waals surface area contributed by atoms with Crippen molar-refractivity contribution in [1.82, 2.24) is 19.8 Å². The molecule has 8 nitrogen and oxygen atoms in total. The lowest BCUT2D eigenvalue weighted by atomic mass is 9.91. The minimum Gasteiger partial charge on any atom is -0.363 e. The maximum absolute atomic E-state index is 12.5. The normalized spacial score (nSPS) is 25.4. The van der Waals surface area contributed by atoms with Crippen molar-refractivity contribution in [3.8, 4) is 0 Å². The smallest absolute Gasteiger partial charge is 0.254 e. The van der Waals surface area contributed by atoms with Crippen molar-refractivity contribution in [2.24, 2.45) is 5.92 Å². The zero-order chi connectivity index (χ0) is 18.7. The van der Waals surface area contributed by atoms with Crippen LogP contribution in [0.15, 0.2) is 18.6 Å². The van der Waals surface area contributed by atoms with Crippen molar-refractivity contribution >= 4 is 17.6 Å². The maximum atomic E-state index is 12.5. The highest BCUT2D eigenvalue weighted by Gasteiger charge is 2.42. The van der Waals surface area contributed by atoms with E-state index >= 15 is 0 Å². The third-order valence-electron chi connectivity index (χ3n) is 5.28. The molecule has 3 heterocycles. The van der Waals surface area contributed by atoms with Crippen molar-refractivity contribution in [2.75, 3.05) is 32.0 Å². The lowest BCUT2D eigenvalue weighted by Gasteiger charge is -2.35. The summed E-state index contributed by atoms with van der Waals surface area (Å²) in [6.07, 6.45) is 5.57. The zero-order valence-corrected chi connectivity index (χ0v) is 15.6. The highest BCUT2D eigenvalue weighted by atomic mass is 16.5. The molecule has 0 aromatic carbocycles. The van der Waals surface area contributed by atoms with Crippen LogP contribution in [0, 0.1) is 5.92 Å². The van der Waals surface area contributed by atoms with E-state index < -0.39 is 6.10 Å². The number of nitrogens with zero attached hydrogens (tertiary/aromatic N) is 4. The van der Waals surface area contributed by atoms with Crippen LogP contribution in [-0.4, -0.2) is 76.5 Å². The van der Waals surface area contributed by atoms with Gasteiger partial charge in [0, 0.05) is 31.5 Å². The average molecular weight is 361 g/mol. The van der Waals surface area contributed by atoms with Gasteiger partial charge in [-0.25, -0.2) is 4.98 Å². The third kappa shape index (κ3) is 4.37. The van der Waals surface area contributed by atoms with Gasteiger partial charge in [0.2, 0.25) is 5.91 Å². The molecule has 0 aliphatic carbocycles. The number of anilines is 1. The Labute approximate surface area is 153 Å². The monoisotopic (exact) mass is 361 g/mol. The summed E-state index contributed by atoms with van der Waals surface area (Å²) < 4.78 is 5.96. The van der Waals surface area contributed by atoms with Gasteiger partial charge >= 0.3 is 0 Å². The topological polar surface area (TPSA) is 87.7 Å². The van der Waals surface area contributed by atoms with Gasteiger partial charge in [-0.15, -0.1) is 0 Å². The molecule has 2 aliphatic heterocycles. The van der Waals surface area contributed by atoms with Gasteiger partial charge in [-0.3, -0.25) is 19.5 Å². The number of likely N-dealkylation sites (tertiary alicyclic amines) is 1. The van der Waals surface area contributed by atoms with Crippen LogP contribution in [-0.2, 0) is 14.3 Å². The summed E-state index contributed by atoms with van der Waals surface area (Å²) in [5.74, 6) is 0.664. The van der Waals surface area contributed by atoms with Crippen molar-refractivity contribution < 1.29 is 14.3 Å². The number of nitrogens with one attached hydrogen (secondary N) is 1. The van der Waals surface area contributed by atoms with Crippen LogP contribution in [0.2, 0.25) is 0 Å². The van der Waals surface area contributed by atoms with Crippen LogP contribution in [0.5, 0.6) is 0 Å². The van der Waals surface area contributed by atoms with Crippen LogP contribution in [0.3, 0.4) is 0 Å². The van der Waals surface area contributed by atoms with E-state index in [1.807, 2.05) is 16.8 Å². The Hall–Kier alpha value is -2.06. The van der Waals surface area contributed by atoms with Gasteiger partial charge < -0.3 is 15.0 Å². The molecule has 0 saturated carbocycles. The summed E-state index contributed by atoms with van der Waals surface area (Å²) in [6.45, 7) is 5.84. The number of hydrogen-bond acceptors (Lipinski definition) is 6. The van der Waals surface area contributed by atoms with Crippen molar-refractivity contribution in [1.29, 1.82) is 0 Å². The Morgan fingerprint density at radius 3 is 2.92 bits per heavy atom. The predicted molar refractivity (Wildman–Crippen MR) is 96.4 cm³/mol. The number of rotatable bonds is 5. The fraction of sp³-hybridized carbons (Fsp3) is 0.667. The summed E-state index contributed by atoms with van der Waals surface area (Å²) in [4.78, 5) is 36.8. The molecule has 0 bridgehead atoms. The van der Waals surface area contributed by atoms with Gasteiger partial charge in [-0.1, -0.05) is 0 Å². The van der Waals surface area contributed by atoms with Crippen molar-refractivity contribution in [3.63, 3.8) is 0 Å². The second-order valence-corrected chi connectivity index (χ2v) is 7.38. The number of likely N-dealkylation sites (N-methyl/N-ethyl adjacent to an activating group) is 1. The minimum absolute atomic E-state index is 0.0744. The number of hydrogen-bond donors (Lipinski definition) is 1. The highest BCUT2D eigenvalue weighted by molar-refractivity contribution is 5.93. The molecule has 142 valence electrons. The fourth-order valence-electron chi connectivity index (χ4n) is 3.39. The summed E-state index contributed by atoms with van der Waals surface area (Å²) in [6, 6.07) is 0.327. The van der Waals surface area contributed by atoms with Crippen LogP contribution in [0.1, 0.15) is 26.7 Å². The Balaban J connectivity index is 1.53. The van der Waals surface area contributed by atoms with Crippen molar-refractivity contribution in [2.45, 2.75) is 44.9 Å². The van der Waals surface area contributed by atoms with Gasteiger partial charge in [-0.2, -0.15) is 0 Å². The molecule has 2 amide bonds. The Morgan fingerprint density at radius 2 is 2.23 bits per heavy atom. The standard InChI is InChI=1S/C18H27N5O3/c1-12(2)22(3)11-17(24)23-7-4-13-8-14(26-15(13)10-23)18(25)21-16-9-19-5-6-20-16/h5-6,9,12-15H,4,7-8,10-11H2,1-3H3,(H,20,21,25)/t13-,14-,15+/m0/s1.